The summed E-state index contributed by atoms with van der Waals surface area (Å²) in [6.45, 7) is 0.371. The molecule has 0 radical (unpaired) electrons. The summed E-state index contributed by atoms with van der Waals surface area (Å²) >= 11 is 0. The Kier molecular flexibility index (Phi) is 4.88. The van der Waals surface area contributed by atoms with Crippen LogP contribution in [-0.2, 0) is 17.8 Å². The number of carbonyl (C=O) groups is 1. The van der Waals surface area contributed by atoms with Crippen molar-refractivity contribution >= 4 is 16.7 Å². The zero-order valence-corrected chi connectivity index (χ0v) is 13.9. The number of aromatic nitrogens is 2. The van der Waals surface area contributed by atoms with Crippen LogP contribution < -0.4 is 5.56 Å². The molecule has 0 bridgehead atoms. The summed E-state index contributed by atoms with van der Waals surface area (Å²) in [6.07, 6.45) is 2.20. The second-order valence-corrected chi connectivity index (χ2v) is 5.89. The lowest BCUT2D eigenvalue weighted by Crippen LogP contribution is -2.36. The molecule has 1 aromatic heterocycles. The van der Waals surface area contributed by atoms with Gasteiger partial charge in [0.05, 0.1) is 11.6 Å². The highest BCUT2D eigenvalue weighted by molar-refractivity contribution is 5.81. The average molecular weight is 339 g/mol. The van der Waals surface area contributed by atoms with Gasteiger partial charge < -0.3 is 4.90 Å². The number of fused-ring (bicyclic) bond motifs is 1. The van der Waals surface area contributed by atoms with Crippen molar-refractivity contribution in [1.82, 2.24) is 14.7 Å². The first-order valence-electron chi connectivity index (χ1n) is 7.98. The minimum Gasteiger partial charge on any atom is -0.344 e. The van der Waals surface area contributed by atoms with Gasteiger partial charge in [0, 0.05) is 19.0 Å². The highest BCUT2D eigenvalue weighted by atomic mass is 19.1. The fraction of sp³-hybridized carbons (Fsp3) is 0.211. The molecule has 3 rings (SSSR count). The van der Waals surface area contributed by atoms with Crippen LogP contribution in [0.1, 0.15) is 5.56 Å². The minimum absolute atomic E-state index is 0.108. The maximum Gasteiger partial charge on any atom is 0.275 e. The zero-order chi connectivity index (χ0) is 17.8. The smallest absolute Gasteiger partial charge is 0.275 e. The molecule has 128 valence electrons. The molecule has 2 aromatic carbocycles. The van der Waals surface area contributed by atoms with Gasteiger partial charge in [-0.1, -0.05) is 30.3 Å². The van der Waals surface area contributed by atoms with E-state index in [1.807, 2.05) is 12.1 Å². The van der Waals surface area contributed by atoms with Gasteiger partial charge in [0.2, 0.25) is 5.91 Å². The van der Waals surface area contributed by atoms with Crippen LogP contribution in [0.5, 0.6) is 0 Å². The van der Waals surface area contributed by atoms with E-state index in [0.29, 0.717) is 18.4 Å². The van der Waals surface area contributed by atoms with E-state index < -0.39 is 0 Å². The van der Waals surface area contributed by atoms with Crippen molar-refractivity contribution in [3.05, 3.63) is 76.5 Å². The number of carbonyl (C=O) groups excluding carboxylic acids is 1. The fourth-order valence-electron chi connectivity index (χ4n) is 2.56. The molecule has 3 aromatic rings. The highest BCUT2D eigenvalue weighted by Crippen LogP contribution is 2.07. The Morgan fingerprint density at radius 1 is 1.16 bits per heavy atom. The SMILES string of the molecule is CN(CCc1ccc(F)cc1)C(=O)Cn1ncc2ccccc2c1=O. The van der Waals surface area contributed by atoms with Crippen molar-refractivity contribution in [2.75, 3.05) is 13.6 Å². The van der Waals surface area contributed by atoms with Gasteiger partial charge in [0.1, 0.15) is 12.4 Å². The number of halogens is 1. The first-order chi connectivity index (χ1) is 12.0. The predicted molar refractivity (Wildman–Crippen MR) is 93.7 cm³/mol. The molecule has 0 saturated carbocycles. The lowest BCUT2D eigenvalue weighted by atomic mass is 10.1. The van der Waals surface area contributed by atoms with Gasteiger partial charge in [0.15, 0.2) is 0 Å². The van der Waals surface area contributed by atoms with Gasteiger partial charge in [0.25, 0.3) is 5.56 Å². The number of nitrogens with zero attached hydrogens (tertiary/aromatic N) is 3. The van der Waals surface area contributed by atoms with Crippen molar-refractivity contribution in [3.8, 4) is 0 Å². The quantitative estimate of drug-likeness (QED) is 0.716. The Morgan fingerprint density at radius 3 is 2.64 bits per heavy atom. The predicted octanol–water partition coefficient (Wildman–Crippen LogP) is 2.24. The lowest BCUT2D eigenvalue weighted by molar-refractivity contribution is -0.130. The van der Waals surface area contributed by atoms with E-state index in [1.165, 1.54) is 16.8 Å². The molecule has 1 amide bonds. The first kappa shape index (κ1) is 16.8. The largest absolute Gasteiger partial charge is 0.344 e. The Labute approximate surface area is 144 Å². The van der Waals surface area contributed by atoms with Crippen LogP contribution in [-0.4, -0.2) is 34.2 Å². The Balaban J connectivity index is 1.66. The van der Waals surface area contributed by atoms with Gasteiger partial charge >= 0.3 is 0 Å². The van der Waals surface area contributed by atoms with Crippen LogP contribution >= 0.6 is 0 Å². The summed E-state index contributed by atoms with van der Waals surface area (Å²) in [5.41, 5.74) is 0.667. The normalized spacial score (nSPS) is 10.8. The van der Waals surface area contributed by atoms with Crippen molar-refractivity contribution < 1.29 is 9.18 Å². The molecule has 1 heterocycles. The molecule has 0 atom stereocenters. The number of hydrogen-bond acceptors (Lipinski definition) is 3. The van der Waals surface area contributed by atoms with Gasteiger partial charge in [-0.15, -0.1) is 0 Å². The average Bonchev–Trinajstić information content (AvgIpc) is 2.63. The molecule has 0 aliphatic carbocycles. The topological polar surface area (TPSA) is 55.2 Å². The molecular formula is C19H18FN3O2. The zero-order valence-electron chi connectivity index (χ0n) is 13.9. The first-order valence-corrected chi connectivity index (χ1v) is 7.98. The van der Waals surface area contributed by atoms with Crippen molar-refractivity contribution in [2.45, 2.75) is 13.0 Å². The second kappa shape index (κ2) is 7.25. The number of benzene rings is 2. The number of rotatable bonds is 5. The molecule has 0 spiro atoms. The summed E-state index contributed by atoms with van der Waals surface area (Å²) in [7, 11) is 1.68. The fourth-order valence-corrected chi connectivity index (χ4v) is 2.56. The molecule has 25 heavy (non-hydrogen) atoms. The molecule has 0 N–H and O–H groups in total. The maximum atomic E-state index is 12.9. The molecule has 6 heteroatoms. The second-order valence-electron chi connectivity index (χ2n) is 5.89. The standard InChI is InChI=1S/C19H18FN3O2/c1-22(11-10-14-6-8-16(20)9-7-14)18(24)13-23-19(25)17-5-3-2-4-15(17)12-21-23/h2-9,12H,10-11,13H2,1H3. The van der Waals surface area contributed by atoms with E-state index in [4.69, 9.17) is 0 Å². The molecule has 0 unspecified atom stereocenters. The van der Waals surface area contributed by atoms with Crippen LogP contribution in [0.3, 0.4) is 0 Å². The van der Waals surface area contributed by atoms with E-state index in [2.05, 4.69) is 5.10 Å². The van der Waals surface area contributed by atoms with Crippen LogP contribution in [0.25, 0.3) is 10.8 Å². The molecular weight excluding hydrogens is 321 g/mol. The minimum atomic E-state index is -0.282. The van der Waals surface area contributed by atoms with Crippen LogP contribution in [0.15, 0.2) is 59.5 Å². The van der Waals surface area contributed by atoms with Crippen molar-refractivity contribution in [2.24, 2.45) is 0 Å². The van der Waals surface area contributed by atoms with Gasteiger partial charge in [-0.2, -0.15) is 5.10 Å². The highest BCUT2D eigenvalue weighted by Gasteiger charge is 2.12. The third-order valence-corrected chi connectivity index (χ3v) is 4.12. The van der Waals surface area contributed by atoms with Gasteiger partial charge in [-0.05, 0) is 30.2 Å². The third kappa shape index (κ3) is 3.91. The molecule has 5 nitrogen and oxygen atoms in total. The van der Waals surface area contributed by atoms with E-state index in [9.17, 15) is 14.0 Å². The van der Waals surface area contributed by atoms with Crippen molar-refractivity contribution in [1.29, 1.82) is 0 Å². The summed E-state index contributed by atoms with van der Waals surface area (Å²) in [4.78, 5) is 26.3. The Bertz CT molecular complexity index is 951. The Morgan fingerprint density at radius 2 is 1.88 bits per heavy atom. The summed E-state index contributed by atoms with van der Waals surface area (Å²) in [6, 6.07) is 13.3. The van der Waals surface area contributed by atoms with Crippen LogP contribution in [0.4, 0.5) is 4.39 Å². The van der Waals surface area contributed by atoms with Crippen LogP contribution in [0.2, 0.25) is 0 Å². The number of hydrogen-bond donors (Lipinski definition) is 0. The van der Waals surface area contributed by atoms with E-state index in [1.54, 1.807) is 42.4 Å². The van der Waals surface area contributed by atoms with Crippen molar-refractivity contribution in [3.63, 3.8) is 0 Å². The van der Waals surface area contributed by atoms with E-state index in [0.717, 1.165) is 10.9 Å². The molecule has 0 fully saturated rings. The lowest BCUT2D eigenvalue weighted by Gasteiger charge is -2.17. The summed E-state index contributed by atoms with van der Waals surface area (Å²) < 4.78 is 14.1. The monoisotopic (exact) mass is 339 g/mol. The number of amides is 1. The summed E-state index contributed by atoms with van der Waals surface area (Å²) in [5.74, 6) is -0.484. The maximum absolute atomic E-state index is 12.9. The van der Waals surface area contributed by atoms with Crippen LogP contribution in [0, 0.1) is 5.82 Å². The molecule has 0 aliphatic heterocycles. The van der Waals surface area contributed by atoms with Gasteiger partial charge in [-0.3, -0.25) is 9.59 Å². The van der Waals surface area contributed by atoms with E-state index in [-0.39, 0.29) is 23.8 Å². The molecule has 0 aliphatic rings. The number of likely N-dealkylation sites (N-methyl/N-ethyl adjacent to an activating group) is 1. The third-order valence-electron chi connectivity index (χ3n) is 4.12. The molecule has 0 saturated heterocycles. The summed E-state index contributed by atoms with van der Waals surface area (Å²) in [5, 5.41) is 5.36. The Hall–Kier alpha value is -3.02. The van der Waals surface area contributed by atoms with Gasteiger partial charge in [-0.25, -0.2) is 9.07 Å². The van der Waals surface area contributed by atoms with E-state index >= 15 is 0 Å².